The van der Waals surface area contributed by atoms with Crippen LogP contribution in [-0.2, 0) is 4.74 Å². The van der Waals surface area contributed by atoms with Crippen molar-refractivity contribution >= 4 is 22.6 Å². The number of anilines is 1. The van der Waals surface area contributed by atoms with Crippen LogP contribution in [-0.4, -0.2) is 25.2 Å². The van der Waals surface area contributed by atoms with E-state index in [9.17, 15) is 4.79 Å². The van der Waals surface area contributed by atoms with E-state index in [1.54, 1.807) is 24.3 Å². The molecule has 2 unspecified atom stereocenters. The Balaban J connectivity index is 1.66. The molecule has 21 heavy (non-hydrogen) atoms. The van der Waals surface area contributed by atoms with E-state index in [1.165, 1.54) is 0 Å². The smallest absolute Gasteiger partial charge is 0.287 e. The molecule has 2 atom stereocenters. The van der Waals surface area contributed by atoms with Crippen molar-refractivity contribution < 1.29 is 13.9 Å². The van der Waals surface area contributed by atoms with Crippen LogP contribution in [0, 0.1) is 5.92 Å². The molecule has 1 aromatic heterocycles. The van der Waals surface area contributed by atoms with Crippen LogP contribution in [0.25, 0.3) is 11.0 Å². The van der Waals surface area contributed by atoms with E-state index < -0.39 is 0 Å². The van der Waals surface area contributed by atoms with Gasteiger partial charge in [0.25, 0.3) is 5.91 Å². The lowest BCUT2D eigenvalue weighted by molar-refractivity contribution is 0.0816. The number of nitrogens with one attached hydrogen (secondary N) is 1. The Labute approximate surface area is 123 Å². The number of ether oxygens (including phenoxy) is 1. The number of carbonyl (C=O) groups excluding carboxylic acids is 1. The molecule has 1 aromatic carbocycles. The molecular weight excluding hydrogens is 268 g/mol. The van der Waals surface area contributed by atoms with Crippen molar-refractivity contribution in [2.24, 2.45) is 5.92 Å². The summed E-state index contributed by atoms with van der Waals surface area (Å²) >= 11 is 0. The highest BCUT2D eigenvalue weighted by Gasteiger charge is 2.27. The van der Waals surface area contributed by atoms with Crippen LogP contribution in [0.2, 0.25) is 0 Å². The first-order chi connectivity index (χ1) is 10.2. The number of amides is 1. The van der Waals surface area contributed by atoms with Crippen molar-refractivity contribution in [1.82, 2.24) is 5.32 Å². The van der Waals surface area contributed by atoms with Crippen molar-refractivity contribution in [2.75, 3.05) is 18.9 Å². The number of hydrogen-bond acceptors (Lipinski definition) is 4. The number of hydrogen-bond donors (Lipinski definition) is 2. The first-order valence-corrected chi connectivity index (χ1v) is 7.36. The molecule has 2 aromatic rings. The summed E-state index contributed by atoms with van der Waals surface area (Å²) in [6, 6.07) is 7.06. The largest absolute Gasteiger partial charge is 0.451 e. The standard InChI is InChI=1S/C16H20N2O3/c1-2-13-10(5-6-20-13)9-18-16(19)15-8-11-7-12(17)3-4-14(11)21-15/h3-4,7-8,10,13H,2,5-6,9,17H2,1H3,(H,18,19). The third-order valence-corrected chi connectivity index (χ3v) is 4.04. The summed E-state index contributed by atoms with van der Waals surface area (Å²) in [6.07, 6.45) is 2.22. The molecule has 1 saturated heterocycles. The molecule has 1 aliphatic rings. The normalized spacial score (nSPS) is 21.8. The van der Waals surface area contributed by atoms with Crippen LogP contribution in [0.4, 0.5) is 5.69 Å². The SMILES string of the molecule is CCC1OCCC1CNC(=O)c1cc2cc(N)ccc2o1. The fourth-order valence-corrected chi connectivity index (χ4v) is 2.86. The molecule has 1 amide bonds. The summed E-state index contributed by atoms with van der Waals surface area (Å²) in [7, 11) is 0. The number of carbonyl (C=O) groups is 1. The first-order valence-electron chi connectivity index (χ1n) is 7.36. The maximum atomic E-state index is 12.2. The minimum Gasteiger partial charge on any atom is -0.451 e. The second-order valence-corrected chi connectivity index (χ2v) is 5.48. The molecular formula is C16H20N2O3. The second-order valence-electron chi connectivity index (χ2n) is 5.48. The minimum absolute atomic E-state index is 0.188. The number of benzene rings is 1. The zero-order valence-electron chi connectivity index (χ0n) is 12.1. The van der Waals surface area contributed by atoms with E-state index in [1.807, 2.05) is 0 Å². The third kappa shape index (κ3) is 2.88. The molecule has 2 heterocycles. The predicted octanol–water partition coefficient (Wildman–Crippen LogP) is 2.56. The lowest BCUT2D eigenvalue weighted by Crippen LogP contribution is -2.32. The van der Waals surface area contributed by atoms with Crippen LogP contribution in [0.3, 0.4) is 0 Å². The number of fused-ring (bicyclic) bond motifs is 1. The van der Waals surface area contributed by atoms with E-state index in [2.05, 4.69) is 12.2 Å². The van der Waals surface area contributed by atoms with Crippen LogP contribution < -0.4 is 11.1 Å². The Bertz CT molecular complexity index is 650. The fraction of sp³-hybridized carbons (Fsp3) is 0.438. The van der Waals surface area contributed by atoms with Gasteiger partial charge in [-0.3, -0.25) is 4.79 Å². The number of nitrogens with two attached hydrogens (primary N) is 1. The number of furan rings is 1. The quantitative estimate of drug-likeness (QED) is 0.848. The van der Waals surface area contributed by atoms with Gasteiger partial charge in [0, 0.05) is 30.1 Å². The maximum absolute atomic E-state index is 12.2. The summed E-state index contributed by atoms with van der Waals surface area (Å²) in [5, 5.41) is 3.78. The molecule has 112 valence electrons. The van der Waals surface area contributed by atoms with Crippen LogP contribution >= 0.6 is 0 Å². The molecule has 5 heteroatoms. The molecule has 3 N–H and O–H groups in total. The van der Waals surface area contributed by atoms with Gasteiger partial charge in [0.05, 0.1) is 6.10 Å². The Kier molecular flexibility index (Phi) is 3.84. The van der Waals surface area contributed by atoms with Gasteiger partial charge in [0.2, 0.25) is 0 Å². The summed E-state index contributed by atoms with van der Waals surface area (Å²) in [5.74, 6) is 0.521. The Morgan fingerprint density at radius 2 is 2.29 bits per heavy atom. The summed E-state index contributed by atoms with van der Waals surface area (Å²) in [5.41, 5.74) is 7.05. The minimum atomic E-state index is -0.188. The molecule has 0 saturated carbocycles. The highest BCUT2D eigenvalue weighted by atomic mass is 16.5. The van der Waals surface area contributed by atoms with E-state index in [4.69, 9.17) is 14.9 Å². The highest BCUT2D eigenvalue weighted by molar-refractivity contribution is 5.96. The molecule has 5 nitrogen and oxygen atoms in total. The third-order valence-electron chi connectivity index (χ3n) is 4.04. The molecule has 0 aliphatic carbocycles. The van der Waals surface area contributed by atoms with Crippen molar-refractivity contribution in [2.45, 2.75) is 25.9 Å². The average molecular weight is 288 g/mol. The van der Waals surface area contributed by atoms with Crippen LogP contribution in [0.1, 0.15) is 30.3 Å². The van der Waals surface area contributed by atoms with Gasteiger partial charge in [-0.2, -0.15) is 0 Å². The van der Waals surface area contributed by atoms with Gasteiger partial charge in [-0.05, 0) is 37.1 Å². The maximum Gasteiger partial charge on any atom is 0.287 e. The summed E-state index contributed by atoms with van der Waals surface area (Å²) in [6.45, 7) is 3.51. The zero-order valence-corrected chi connectivity index (χ0v) is 12.1. The van der Waals surface area contributed by atoms with E-state index in [-0.39, 0.29) is 12.0 Å². The number of nitrogen functional groups attached to an aromatic ring is 1. The number of rotatable bonds is 4. The second kappa shape index (κ2) is 5.77. The fourth-order valence-electron chi connectivity index (χ4n) is 2.86. The zero-order chi connectivity index (χ0) is 14.8. The van der Waals surface area contributed by atoms with Gasteiger partial charge in [-0.1, -0.05) is 6.92 Å². The van der Waals surface area contributed by atoms with Crippen molar-refractivity contribution in [3.63, 3.8) is 0 Å². The van der Waals surface area contributed by atoms with Gasteiger partial charge in [-0.15, -0.1) is 0 Å². The molecule has 0 bridgehead atoms. The molecule has 0 spiro atoms. The Morgan fingerprint density at radius 3 is 3.10 bits per heavy atom. The van der Waals surface area contributed by atoms with Crippen LogP contribution in [0.5, 0.6) is 0 Å². The topological polar surface area (TPSA) is 77.5 Å². The van der Waals surface area contributed by atoms with Crippen molar-refractivity contribution in [3.8, 4) is 0 Å². The average Bonchev–Trinajstić information content (AvgIpc) is 3.10. The van der Waals surface area contributed by atoms with Crippen LogP contribution in [0.15, 0.2) is 28.7 Å². The van der Waals surface area contributed by atoms with E-state index in [0.29, 0.717) is 29.5 Å². The van der Waals surface area contributed by atoms with Crippen molar-refractivity contribution in [1.29, 1.82) is 0 Å². The predicted molar refractivity (Wildman–Crippen MR) is 81.1 cm³/mol. The summed E-state index contributed by atoms with van der Waals surface area (Å²) < 4.78 is 11.2. The first kappa shape index (κ1) is 13.9. The van der Waals surface area contributed by atoms with Gasteiger partial charge < -0.3 is 20.2 Å². The van der Waals surface area contributed by atoms with E-state index >= 15 is 0 Å². The van der Waals surface area contributed by atoms with Gasteiger partial charge in [0.1, 0.15) is 5.58 Å². The van der Waals surface area contributed by atoms with Gasteiger partial charge in [-0.25, -0.2) is 0 Å². The molecule has 0 radical (unpaired) electrons. The molecule has 3 rings (SSSR count). The molecule has 1 aliphatic heterocycles. The lowest BCUT2D eigenvalue weighted by Gasteiger charge is -2.16. The molecule has 1 fully saturated rings. The van der Waals surface area contributed by atoms with E-state index in [0.717, 1.165) is 24.8 Å². The highest BCUT2D eigenvalue weighted by Crippen LogP contribution is 2.24. The summed E-state index contributed by atoms with van der Waals surface area (Å²) in [4.78, 5) is 12.2. The Hall–Kier alpha value is -2.01. The van der Waals surface area contributed by atoms with Gasteiger partial charge >= 0.3 is 0 Å². The monoisotopic (exact) mass is 288 g/mol. The van der Waals surface area contributed by atoms with Crippen molar-refractivity contribution in [3.05, 3.63) is 30.0 Å². The lowest BCUT2D eigenvalue weighted by atomic mass is 10.00. The Morgan fingerprint density at radius 1 is 1.43 bits per heavy atom. The van der Waals surface area contributed by atoms with Gasteiger partial charge in [0.15, 0.2) is 5.76 Å².